The van der Waals surface area contributed by atoms with E-state index in [9.17, 15) is 0 Å². The SMILES string of the molecule is NCCc1csc2nc(-c3cc[nH]c3)nn12. The molecule has 0 aromatic carbocycles. The Hall–Kier alpha value is -1.66. The molecule has 0 fully saturated rings. The molecule has 0 atom stereocenters. The summed E-state index contributed by atoms with van der Waals surface area (Å²) in [7, 11) is 0. The van der Waals surface area contributed by atoms with Crippen LogP contribution in [0.25, 0.3) is 16.3 Å². The smallest absolute Gasteiger partial charge is 0.212 e. The van der Waals surface area contributed by atoms with Gasteiger partial charge >= 0.3 is 0 Å². The fraction of sp³-hybridized carbons (Fsp3) is 0.200. The number of nitrogens with zero attached hydrogens (tertiary/aromatic N) is 3. The summed E-state index contributed by atoms with van der Waals surface area (Å²) in [6.45, 7) is 0.630. The molecule has 0 spiro atoms. The first-order chi connectivity index (χ1) is 7.88. The van der Waals surface area contributed by atoms with Gasteiger partial charge in [-0.15, -0.1) is 16.4 Å². The van der Waals surface area contributed by atoms with E-state index in [0.717, 1.165) is 28.5 Å². The van der Waals surface area contributed by atoms with Gasteiger partial charge in [0.25, 0.3) is 0 Å². The normalized spacial score (nSPS) is 11.3. The van der Waals surface area contributed by atoms with Crippen molar-refractivity contribution in [3.63, 3.8) is 0 Å². The van der Waals surface area contributed by atoms with Gasteiger partial charge in [-0.2, -0.15) is 4.98 Å². The number of thiazole rings is 1. The lowest BCUT2D eigenvalue weighted by atomic mass is 10.3. The van der Waals surface area contributed by atoms with Crippen molar-refractivity contribution in [3.05, 3.63) is 29.5 Å². The van der Waals surface area contributed by atoms with E-state index in [0.29, 0.717) is 6.54 Å². The molecular formula is C10H11N5S. The van der Waals surface area contributed by atoms with E-state index in [2.05, 4.69) is 20.4 Å². The van der Waals surface area contributed by atoms with Crippen molar-refractivity contribution in [1.82, 2.24) is 19.6 Å². The number of rotatable bonds is 3. The van der Waals surface area contributed by atoms with E-state index in [4.69, 9.17) is 5.73 Å². The second-order valence-electron chi connectivity index (χ2n) is 3.50. The van der Waals surface area contributed by atoms with Gasteiger partial charge in [0, 0.05) is 29.8 Å². The summed E-state index contributed by atoms with van der Waals surface area (Å²) >= 11 is 1.60. The average Bonchev–Trinajstić information content (AvgIpc) is 2.93. The van der Waals surface area contributed by atoms with E-state index < -0.39 is 0 Å². The second kappa shape index (κ2) is 3.73. The highest BCUT2D eigenvalue weighted by atomic mass is 32.1. The topological polar surface area (TPSA) is 72.0 Å². The third-order valence-electron chi connectivity index (χ3n) is 2.41. The average molecular weight is 233 g/mol. The minimum Gasteiger partial charge on any atom is -0.367 e. The van der Waals surface area contributed by atoms with E-state index in [1.54, 1.807) is 11.3 Å². The van der Waals surface area contributed by atoms with Crippen molar-refractivity contribution < 1.29 is 0 Å². The molecule has 0 radical (unpaired) electrons. The molecule has 3 N–H and O–H groups in total. The van der Waals surface area contributed by atoms with Crippen LogP contribution in [0.2, 0.25) is 0 Å². The molecule has 0 aliphatic rings. The van der Waals surface area contributed by atoms with Crippen molar-refractivity contribution in [2.24, 2.45) is 5.73 Å². The molecule has 0 unspecified atom stereocenters. The molecule has 0 aliphatic heterocycles. The molecule has 0 aliphatic carbocycles. The summed E-state index contributed by atoms with van der Waals surface area (Å²) in [5.41, 5.74) is 7.68. The Morgan fingerprint density at radius 3 is 3.19 bits per heavy atom. The van der Waals surface area contributed by atoms with Gasteiger partial charge in [-0.05, 0) is 12.6 Å². The third-order valence-corrected chi connectivity index (χ3v) is 3.27. The molecule has 3 heterocycles. The van der Waals surface area contributed by atoms with E-state index in [1.807, 2.05) is 23.0 Å². The lowest BCUT2D eigenvalue weighted by Crippen LogP contribution is -2.05. The molecule has 82 valence electrons. The molecular weight excluding hydrogens is 222 g/mol. The number of hydrogen-bond donors (Lipinski definition) is 2. The Morgan fingerprint density at radius 1 is 1.50 bits per heavy atom. The van der Waals surface area contributed by atoms with Crippen molar-refractivity contribution in [2.45, 2.75) is 6.42 Å². The summed E-state index contributed by atoms with van der Waals surface area (Å²) in [6.07, 6.45) is 4.59. The predicted molar refractivity (Wildman–Crippen MR) is 63.4 cm³/mol. The maximum Gasteiger partial charge on any atom is 0.212 e. The van der Waals surface area contributed by atoms with Crippen molar-refractivity contribution >= 4 is 16.3 Å². The molecule has 0 amide bonds. The first-order valence-electron chi connectivity index (χ1n) is 5.05. The zero-order valence-corrected chi connectivity index (χ0v) is 9.37. The van der Waals surface area contributed by atoms with E-state index in [-0.39, 0.29) is 0 Å². The fourth-order valence-electron chi connectivity index (χ4n) is 1.63. The Kier molecular flexibility index (Phi) is 2.23. The highest BCUT2D eigenvalue weighted by molar-refractivity contribution is 7.15. The van der Waals surface area contributed by atoms with Crippen LogP contribution in [0.1, 0.15) is 5.69 Å². The zero-order chi connectivity index (χ0) is 11.0. The number of H-pyrrole nitrogens is 1. The molecule has 6 heteroatoms. The van der Waals surface area contributed by atoms with Gasteiger partial charge in [0.1, 0.15) is 0 Å². The van der Waals surface area contributed by atoms with Gasteiger partial charge in [0.15, 0.2) is 5.82 Å². The minimum absolute atomic E-state index is 0.630. The second-order valence-corrected chi connectivity index (χ2v) is 4.33. The molecule has 5 nitrogen and oxygen atoms in total. The zero-order valence-electron chi connectivity index (χ0n) is 8.55. The van der Waals surface area contributed by atoms with E-state index in [1.165, 1.54) is 0 Å². The Balaban J connectivity index is 2.09. The first kappa shape index (κ1) is 9.56. The Labute approximate surface area is 95.9 Å². The van der Waals surface area contributed by atoms with Crippen LogP contribution in [0.3, 0.4) is 0 Å². The van der Waals surface area contributed by atoms with Crippen LogP contribution >= 0.6 is 11.3 Å². The number of nitrogens with one attached hydrogen (secondary N) is 1. The summed E-state index contributed by atoms with van der Waals surface area (Å²) in [5.74, 6) is 0.756. The summed E-state index contributed by atoms with van der Waals surface area (Å²) in [4.78, 5) is 8.38. The van der Waals surface area contributed by atoms with Crippen LogP contribution in [0.5, 0.6) is 0 Å². The van der Waals surface area contributed by atoms with Crippen LogP contribution in [-0.2, 0) is 6.42 Å². The summed E-state index contributed by atoms with van der Waals surface area (Å²) in [5, 5.41) is 6.53. The van der Waals surface area contributed by atoms with Crippen LogP contribution in [0, 0.1) is 0 Å². The monoisotopic (exact) mass is 233 g/mol. The maximum atomic E-state index is 5.55. The quantitative estimate of drug-likeness (QED) is 0.716. The lowest BCUT2D eigenvalue weighted by molar-refractivity contribution is 0.844. The molecule has 3 aromatic heterocycles. The number of hydrogen-bond acceptors (Lipinski definition) is 4. The van der Waals surface area contributed by atoms with Crippen LogP contribution in [0.4, 0.5) is 0 Å². The van der Waals surface area contributed by atoms with Gasteiger partial charge in [0.05, 0.1) is 5.69 Å². The van der Waals surface area contributed by atoms with Crippen molar-refractivity contribution in [1.29, 1.82) is 0 Å². The van der Waals surface area contributed by atoms with E-state index >= 15 is 0 Å². The standard InChI is InChI=1S/C10H11N5S/c11-3-1-8-6-16-10-13-9(14-15(8)10)7-2-4-12-5-7/h2,4-6,12H,1,3,11H2. The first-order valence-corrected chi connectivity index (χ1v) is 5.93. The number of aromatic nitrogens is 4. The molecule has 0 saturated heterocycles. The molecule has 16 heavy (non-hydrogen) atoms. The maximum absolute atomic E-state index is 5.55. The van der Waals surface area contributed by atoms with Gasteiger partial charge in [-0.1, -0.05) is 0 Å². The lowest BCUT2D eigenvalue weighted by Gasteiger charge is -1.92. The van der Waals surface area contributed by atoms with Crippen LogP contribution in [0.15, 0.2) is 23.8 Å². The number of fused-ring (bicyclic) bond motifs is 1. The Bertz CT molecular complexity index is 592. The van der Waals surface area contributed by atoms with Gasteiger partial charge < -0.3 is 10.7 Å². The minimum atomic E-state index is 0.630. The highest BCUT2D eigenvalue weighted by Gasteiger charge is 2.10. The summed E-state index contributed by atoms with van der Waals surface area (Å²) in [6, 6.07) is 1.96. The largest absolute Gasteiger partial charge is 0.367 e. The molecule has 3 aromatic rings. The summed E-state index contributed by atoms with van der Waals surface area (Å²) < 4.78 is 1.87. The molecule has 3 rings (SSSR count). The Morgan fingerprint density at radius 2 is 2.44 bits per heavy atom. The predicted octanol–water partition coefficient (Wildman–Crippen LogP) is 1.29. The molecule has 0 bridgehead atoms. The van der Waals surface area contributed by atoms with Crippen molar-refractivity contribution in [2.75, 3.05) is 6.54 Å². The van der Waals surface area contributed by atoms with Gasteiger partial charge in [-0.25, -0.2) is 4.52 Å². The van der Waals surface area contributed by atoms with Crippen molar-refractivity contribution in [3.8, 4) is 11.4 Å². The number of nitrogens with two attached hydrogens (primary N) is 1. The fourth-order valence-corrected chi connectivity index (χ4v) is 2.49. The number of aromatic amines is 1. The molecule has 0 saturated carbocycles. The van der Waals surface area contributed by atoms with Gasteiger partial charge in [-0.3, -0.25) is 0 Å². The van der Waals surface area contributed by atoms with Crippen LogP contribution < -0.4 is 5.73 Å². The van der Waals surface area contributed by atoms with Crippen LogP contribution in [-0.4, -0.2) is 26.1 Å². The third kappa shape index (κ3) is 1.43. The highest BCUT2D eigenvalue weighted by Crippen LogP contribution is 2.20. The van der Waals surface area contributed by atoms with Gasteiger partial charge in [0.2, 0.25) is 4.96 Å².